The molecule has 2 rings (SSSR count). The van der Waals surface area contributed by atoms with Gasteiger partial charge in [-0.1, -0.05) is 26.0 Å². The molecule has 0 aromatic heterocycles. The van der Waals surface area contributed by atoms with Crippen LogP contribution in [0.15, 0.2) is 18.2 Å². The molecule has 1 aliphatic heterocycles. The Morgan fingerprint density at radius 1 is 1.37 bits per heavy atom. The summed E-state index contributed by atoms with van der Waals surface area (Å²) in [7, 11) is 0. The standard InChI is InChI=1S/C15H21F2NO/c1-11(2)18-9-15(6-7-19-10-15)8-12-4-3-5-13(16)14(12)17/h3-5,11,18H,6-10H2,1-2H3. The number of hydrogen-bond donors (Lipinski definition) is 1. The van der Waals surface area contributed by atoms with Crippen LogP contribution in [0.3, 0.4) is 0 Å². The summed E-state index contributed by atoms with van der Waals surface area (Å²) in [6.45, 7) is 6.21. The molecule has 1 saturated heterocycles. The number of benzene rings is 1. The first-order chi connectivity index (χ1) is 9.02. The Morgan fingerprint density at radius 3 is 2.79 bits per heavy atom. The van der Waals surface area contributed by atoms with Crippen LogP contribution in [0.25, 0.3) is 0 Å². The minimum atomic E-state index is -0.775. The molecule has 0 bridgehead atoms. The largest absolute Gasteiger partial charge is 0.381 e. The summed E-state index contributed by atoms with van der Waals surface area (Å²) in [5.74, 6) is -1.50. The van der Waals surface area contributed by atoms with Crippen molar-refractivity contribution in [2.45, 2.75) is 32.7 Å². The van der Waals surface area contributed by atoms with E-state index in [1.165, 1.54) is 0 Å². The summed E-state index contributed by atoms with van der Waals surface area (Å²) in [4.78, 5) is 0. The molecule has 2 nitrogen and oxygen atoms in total. The number of ether oxygens (including phenoxy) is 1. The number of nitrogens with one attached hydrogen (secondary N) is 1. The zero-order valence-electron chi connectivity index (χ0n) is 11.5. The van der Waals surface area contributed by atoms with Gasteiger partial charge in [-0.25, -0.2) is 8.78 Å². The molecule has 0 radical (unpaired) electrons. The van der Waals surface area contributed by atoms with Gasteiger partial charge in [-0.05, 0) is 24.5 Å². The van der Waals surface area contributed by atoms with Crippen LogP contribution in [-0.2, 0) is 11.2 Å². The van der Waals surface area contributed by atoms with Crippen LogP contribution in [0.1, 0.15) is 25.8 Å². The third-order valence-electron chi connectivity index (χ3n) is 3.67. The minimum absolute atomic E-state index is 0.126. The van der Waals surface area contributed by atoms with Crippen LogP contribution in [0.2, 0.25) is 0 Å². The van der Waals surface area contributed by atoms with Gasteiger partial charge in [0.15, 0.2) is 11.6 Å². The van der Waals surface area contributed by atoms with Crippen LogP contribution in [0, 0.1) is 17.0 Å². The summed E-state index contributed by atoms with van der Waals surface area (Å²) >= 11 is 0. The fourth-order valence-electron chi connectivity index (χ4n) is 2.50. The predicted molar refractivity (Wildman–Crippen MR) is 71.1 cm³/mol. The van der Waals surface area contributed by atoms with Crippen molar-refractivity contribution < 1.29 is 13.5 Å². The maximum Gasteiger partial charge on any atom is 0.162 e. The molecule has 1 unspecified atom stereocenters. The molecule has 1 fully saturated rings. The Kier molecular flexibility index (Phi) is 4.53. The molecule has 1 N–H and O–H groups in total. The smallest absolute Gasteiger partial charge is 0.162 e. The van der Waals surface area contributed by atoms with Gasteiger partial charge in [0.1, 0.15) is 0 Å². The fraction of sp³-hybridized carbons (Fsp3) is 0.600. The van der Waals surface area contributed by atoms with E-state index in [1.807, 2.05) is 0 Å². The van der Waals surface area contributed by atoms with Crippen LogP contribution in [-0.4, -0.2) is 25.8 Å². The van der Waals surface area contributed by atoms with Crippen molar-refractivity contribution in [2.24, 2.45) is 5.41 Å². The molecule has 0 saturated carbocycles. The van der Waals surface area contributed by atoms with Crippen molar-refractivity contribution in [3.8, 4) is 0 Å². The van der Waals surface area contributed by atoms with Crippen molar-refractivity contribution >= 4 is 0 Å². The van der Waals surface area contributed by atoms with Crippen LogP contribution >= 0.6 is 0 Å². The van der Waals surface area contributed by atoms with E-state index in [0.717, 1.165) is 19.0 Å². The summed E-state index contributed by atoms with van der Waals surface area (Å²) in [5, 5.41) is 3.39. The topological polar surface area (TPSA) is 21.3 Å². The second-order valence-corrected chi connectivity index (χ2v) is 5.73. The van der Waals surface area contributed by atoms with Crippen molar-refractivity contribution in [1.82, 2.24) is 5.32 Å². The number of halogens is 2. The second kappa shape index (κ2) is 5.97. The SMILES string of the molecule is CC(C)NCC1(Cc2cccc(F)c2F)CCOC1. The third-order valence-corrected chi connectivity index (χ3v) is 3.67. The first-order valence-corrected chi connectivity index (χ1v) is 6.76. The predicted octanol–water partition coefficient (Wildman–Crippen LogP) is 2.91. The molecule has 0 aliphatic carbocycles. The molecule has 1 atom stereocenters. The number of hydrogen-bond acceptors (Lipinski definition) is 2. The van der Waals surface area contributed by atoms with E-state index in [-0.39, 0.29) is 5.41 Å². The molecular formula is C15H21F2NO. The molecule has 1 aromatic carbocycles. The molecule has 1 aliphatic rings. The summed E-state index contributed by atoms with van der Waals surface area (Å²) in [5.41, 5.74) is 0.315. The van der Waals surface area contributed by atoms with E-state index in [9.17, 15) is 8.78 Å². The molecule has 0 amide bonds. The highest BCUT2D eigenvalue weighted by atomic mass is 19.2. The molecular weight excluding hydrogens is 248 g/mol. The van der Waals surface area contributed by atoms with E-state index < -0.39 is 11.6 Å². The fourth-order valence-corrected chi connectivity index (χ4v) is 2.50. The van der Waals surface area contributed by atoms with Crippen molar-refractivity contribution in [2.75, 3.05) is 19.8 Å². The quantitative estimate of drug-likeness (QED) is 0.887. The lowest BCUT2D eigenvalue weighted by Gasteiger charge is -2.29. The van der Waals surface area contributed by atoms with E-state index in [2.05, 4.69) is 19.2 Å². The first-order valence-electron chi connectivity index (χ1n) is 6.76. The van der Waals surface area contributed by atoms with Crippen molar-refractivity contribution in [3.63, 3.8) is 0 Å². The first kappa shape index (κ1) is 14.4. The molecule has 1 aromatic rings. The lowest BCUT2D eigenvalue weighted by Crippen LogP contribution is -2.39. The van der Waals surface area contributed by atoms with Gasteiger partial charge in [0.2, 0.25) is 0 Å². The maximum atomic E-state index is 13.8. The molecule has 106 valence electrons. The van der Waals surface area contributed by atoms with Gasteiger partial charge in [0, 0.05) is 24.6 Å². The average Bonchev–Trinajstić information content (AvgIpc) is 2.82. The molecule has 0 spiro atoms. The Bertz CT molecular complexity index is 428. The van der Waals surface area contributed by atoms with E-state index >= 15 is 0 Å². The van der Waals surface area contributed by atoms with Crippen LogP contribution in [0.4, 0.5) is 8.78 Å². The summed E-state index contributed by atoms with van der Waals surface area (Å²) in [6, 6.07) is 4.75. The number of rotatable bonds is 5. The average molecular weight is 269 g/mol. The minimum Gasteiger partial charge on any atom is -0.381 e. The van der Waals surface area contributed by atoms with Crippen molar-refractivity contribution in [1.29, 1.82) is 0 Å². The van der Waals surface area contributed by atoms with Crippen LogP contribution < -0.4 is 5.32 Å². The van der Waals surface area contributed by atoms with E-state index in [0.29, 0.717) is 31.2 Å². The highest BCUT2D eigenvalue weighted by Crippen LogP contribution is 2.33. The highest BCUT2D eigenvalue weighted by Gasteiger charge is 2.35. The van der Waals surface area contributed by atoms with Crippen LogP contribution in [0.5, 0.6) is 0 Å². The molecule has 19 heavy (non-hydrogen) atoms. The zero-order valence-corrected chi connectivity index (χ0v) is 11.5. The van der Waals surface area contributed by atoms with Gasteiger partial charge >= 0.3 is 0 Å². The molecule has 1 heterocycles. The van der Waals surface area contributed by atoms with E-state index in [1.54, 1.807) is 12.1 Å². The lowest BCUT2D eigenvalue weighted by atomic mass is 9.80. The Morgan fingerprint density at radius 2 is 2.16 bits per heavy atom. The van der Waals surface area contributed by atoms with Gasteiger partial charge in [0.25, 0.3) is 0 Å². The zero-order chi connectivity index (χ0) is 13.9. The lowest BCUT2D eigenvalue weighted by molar-refractivity contribution is 0.147. The second-order valence-electron chi connectivity index (χ2n) is 5.73. The van der Waals surface area contributed by atoms with E-state index in [4.69, 9.17) is 4.74 Å². The summed E-state index contributed by atoms with van der Waals surface area (Å²) in [6.07, 6.45) is 1.39. The van der Waals surface area contributed by atoms with Gasteiger partial charge in [-0.15, -0.1) is 0 Å². The molecule has 4 heteroatoms. The van der Waals surface area contributed by atoms with Gasteiger partial charge in [-0.3, -0.25) is 0 Å². The Labute approximate surface area is 113 Å². The van der Waals surface area contributed by atoms with Gasteiger partial charge in [0.05, 0.1) is 6.61 Å². The normalized spacial score (nSPS) is 23.2. The third kappa shape index (κ3) is 3.51. The van der Waals surface area contributed by atoms with Gasteiger partial charge < -0.3 is 10.1 Å². The van der Waals surface area contributed by atoms with Gasteiger partial charge in [-0.2, -0.15) is 0 Å². The Hall–Kier alpha value is -1.00. The maximum absolute atomic E-state index is 13.8. The van der Waals surface area contributed by atoms with Crippen molar-refractivity contribution in [3.05, 3.63) is 35.4 Å². The monoisotopic (exact) mass is 269 g/mol. The highest BCUT2D eigenvalue weighted by molar-refractivity contribution is 5.21. The summed E-state index contributed by atoms with van der Waals surface area (Å²) < 4.78 is 32.5. The Balaban J connectivity index is 2.14.